The van der Waals surface area contributed by atoms with Crippen molar-refractivity contribution in [1.82, 2.24) is 15.1 Å². The van der Waals surface area contributed by atoms with Crippen LogP contribution in [0.25, 0.3) is 0 Å². The molecule has 0 bridgehead atoms. The Balaban J connectivity index is 2.06. The minimum Gasteiger partial charge on any atom is -0.469 e. The van der Waals surface area contributed by atoms with Crippen LogP contribution in [-0.4, -0.2) is 68.7 Å². The summed E-state index contributed by atoms with van der Waals surface area (Å²) in [6.07, 6.45) is 1.24. The van der Waals surface area contributed by atoms with Crippen LogP contribution in [0.1, 0.15) is 12.8 Å². The van der Waals surface area contributed by atoms with E-state index >= 15 is 0 Å². The van der Waals surface area contributed by atoms with Crippen LogP contribution in [0, 0.1) is 0 Å². The Morgan fingerprint density at radius 1 is 1.53 bits per heavy atom. The zero-order chi connectivity index (χ0) is 12.7. The summed E-state index contributed by atoms with van der Waals surface area (Å²) in [6, 6.07) is 0.0213. The summed E-state index contributed by atoms with van der Waals surface area (Å²) in [5.41, 5.74) is 0. The molecule has 6 nitrogen and oxygen atoms in total. The highest BCUT2D eigenvalue weighted by atomic mass is 16.5. The van der Waals surface area contributed by atoms with Gasteiger partial charge in [-0.2, -0.15) is 0 Å². The number of amides is 2. The molecular formula is C11H21N3O3. The molecule has 0 radical (unpaired) electrons. The van der Waals surface area contributed by atoms with Crippen molar-refractivity contribution < 1.29 is 14.3 Å². The molecule has 2 amide bonds. The lowest BCUT2D eigenvalue weighted by atomic mass is 10.3. The average Bonchev–Trinajstić information content (AvgIpc) is 2.72. The number of esters is 1. The standard InChI is InChI=1S/C11H21N3O3/c1-13(6-3-4-10(15)17-2)8-9-14-7-5-12-11(14)16/h3-9H2,1-2H3,(H,12,16). The van der Waals surface area contributed by atoms with Crippen molar-refractivity contribution >= 4 is 12.0 Å². The van der Waals surface area contributed by atoms with E-state index in [9.17, 15) is 9.59 Å². The van der Waals surface area contributed by atoms with Crippen LogP contribution in [0.15, 0.2) is 0 Å². The Morgan fingerprint density at radius 3 is 2.88 bits per heavy atom. The van der Waals surface area contributed by atoms with Gasteiger partial charge in [0, 0.05) is 32.6 Å². The molecule has 0 aromatic heterocycles. The maximum absolute atomic E-state index is 11.3. The molecule has 0 aromatic rings. The monoisotopic (exact) mass is 243 g/mol. The van der Waals surface area contributed by atoms with E-state index in [1.54, 1.807) is 4.90 Å². The second kappa shape index (κ2) is 7.11. The predicted octanol–water partition coefficient (Wildman–Crippen LogP) is -0.103. The molecule has 1 N–H and O–H groups in total. The van der Waals surface area contributed by atoms with Gasteiger partial charge < -0.3 is 19.9 Å². The quantitative estimate of drug-likeness (QED) is 0.634. The number of ether oxygens (including phenoxy) is 1. The number of likely N-dealkylation sites (N-methyl/N-ethyl adjacent to an activating group) is 1. The molecular weight excluding hydrogens is 222 g/mol. The highest BCUT2D eigenvalue weighted by Crippen LogP contribution is 1.98. The third kappa shape index (κ3) is 5.04. The molecule has 0 aliphatic carbocycles. The molecule has 6 heteroatoms. The first kappa shape index (κ1) is 13.8. The first-order valence-electron chi connectivity index (χ1n) is 5.91. The maximum atomic E-state index is 11.3. The number of nitrogens with one attached hydrogen (secondary N) is 1. The highest BCUT2D eigenvalue weighted by Gasteiger charge is 2.18. The van der Waals surface area contributed by atoms with E-state index in [1.165, 1.54) is 7.11 Å². The van der Waals surface area contributed by atoms with Crippen molar-refractivity contribution in [2.24, 2.45) is 0 Å². The van der Waals surface area contributed by atoms with Gasteiger partial charge in [-0.1, -0.05) is 0 Å². The van der Waals surface area contributed by atoms with Crippen LogP contribution in [0.2, 0.25) is 0 Å². The molecule has 0 saturated carbocycles. The first-order valence-corrected chi connectivity index (χ1v) is 5.91. The lowest BCUT2D eigenvalue weighted by Gasteiger charge is -2.20. The Bertz CT molecular complexity index is 271. The third-order valence-electron chi connectivity index (χ3n) is 2.85. The fourth-order valence-corrected chi connectivity index (χ4v) is 1.72. The van der Waals surface area contributed by atoms with E-state index in [4.69, 9.17) is 0 Å². The summed E-state index contributed by atoms with van der Waals surface area (Å²) in [4.78, 5) is 26.1. The zero-order valence-electron chi connectivity index (χ0n) is 10.6. The Morgan fingerprint density at radius 2 is 2.29 bits per heavy atom. The largest absolute Gasteiger partial charge is 0.469 e. The van der Waals surface area contributed by atoms with E-state index in [0.29, 0.717) is 6.42 Å². The second-order valence-corrected chi connectivity index (χ2v) is 4.20. The molecule has 1 aliphatic heterocycles. The van der Waals surface area contributed by atoms with Crippen LogP contribution in [0.5, 0.6) is 0 Å². The lowest BCUT2D eigenvalue weighted by Crippen LogP contribution is -2.35. The predicted molar refractivity (Wildman–Crippen MR) is 63.7 cm³/mol. The van der Waals surface area contributed by atoms with E-state index in [0.717, 1.165) is 39.1 Å². The molecule has 0 spiro atoms. The zero-order valence-corrected chi connectivity index (χ0v) is 10.6. The van der Waals surface area contributed by atoms with Crippen LogP contribution < -0.4 is 5.32 Å². The molecule has 1 fully saturated rings. The van der Waals surface area contributed by atoms with Crippen LogP contribution in [0.4, 0.5) is 4.79 Å². The second-order valence-electron chi connectivity index (χ2n) is 4.20. The summed E-state index contributed by atoms with van der Waals surface area (Å²) in [6.45, 7) is 3.93. The van der Waals surface area contributed by atoms with Gasteiger partial charge in [0.25, 0.3) is 0 Å². The van der Waals surface area contributed by atoms with Gasteiger partial charge in [0.1, 0.15) is 0 Å². The van der Waals surface area contributed by atoms with Gasteiger partial charge in [0.2, 0.25) is 0 Å². The normalized spacial score (nSPS) is 15.2. The highest BCUT2D eigenvalue weighted by molar-refractivity contribution is 5.76. The Kier molecular flexibility index (Phi) is 5.76. The van der Waals surface area contributed by atoms with Gasteiger partial charge in [0.15, 0.2) is 0 Å². The third-order valence-corrected chi connectivity index (χ3v) is 2.85. The van der Waals surface area contributed by atoms with Crippen molar-refractivity contribution in [3.63, 3.8) is 0 Å². The van der Waals surface area contributed by atoms with E-state index in [2.05, 4.69) is 15.0 Å². The van der Waals surface area contributed by atoms with Crippen LogP contribution in [-0.2, 0) is 9.53 Å². The summed E-state index contributed by atoms with van der Waals surface area (Å²) in [7, 11) is 3.39. The molecule has 0 atom stereocenters. The molecule has 98 valence electrons. The Hall–Kier alpha value is -1.30. The van der Waals surface area contributed by atoms with Gasteiger partial charge in [0.05, 0.1) is 7.11 Å². The number of carbonyl (C=O) groups excluding carboxylic acids is 2. The van der Waals surface area contributed by atoms with Crippen molar-refractivity contribution in [3.8, 4) is 0 Å². The fraction of sp³-hybridized carbons (Fsp3) is 0.818. The fourth-order valence-electron chi connectivity index (χ4n) is 1.72. The number of hydrogen-bond donors (Lipinski definition) is 1. The van der Waals surface area contributed by atoms with Gasteiger partial charge in [-0.15, -0.1) is 0 Å². The summed E-state index contributed by atoms with van der Waals surface area (Å²) in [5, 5.41) is 2.77. The van der Waals surface area contributed by atoms with E-state index in [1.807, 2.05) is 7.05 Å². The maximum Gasteiger partial charge on any atom is 0.317 e. The van der Waals surface area contributed by atoms with Crippen molar-refractivity contribution in [3.05, 3.63) is 0 Å². The molecule has 17 heavy (non-hydrogen) atoms. The smallest absolute Gasteiger partial charge is 0.317 e. The van der Waals surface area contributed by atoms with Gasteiger partial charge in [-0.05, 0) is 20.0 Å². The molecule has 1 saturated heterocycles. The molecule has 0 unspecified atom stereocenters. The number of methoxy groups -OCH3 is 1. The van der Waals surface area contributed by atoms with Crippen molar-refractivity contribution in [2.75, 3.05) is 46.9 Å². The first-order chi connectivity index (χ1) is 8.13. The number of rotatable bonds is 7. The van der Waals surface area contributed by atoms with Gasteiger partial charge >= 0.3 is 12.0 Å². The number of hydrogen-bond acceptors (Lipinski definition) is 4. The van der Waals surface area contributed by atoms with Gasteiger partial charge in [-0.3, -0.25) is 4.79 Å². The van der Waals surface area contributed by atoms with E-state index in [-0.39, 0.29) is 12.0 Å². The molecule has 1 heterocycles. The molecule has 1 aliphatic rings. The van der Waals surface area contributed by atoms with Crippen molar-refractivity contribution in [1.29, 1.82) is 0 Å². The topological polar surface area (TPSA) is 61.9 Å². The number of urea groups is 1. The summed E-state index contributed by atoms with van der Waals surface area (Å²) >= 11 is 0. The van der Waals surface area contributed by atoms with Crippen LogP contribution in [0.3, 0.4) is 0 Å². The summed E-state index contributed by atoms with van der Waals surface area (Å²) < 4.78 is 4.57. The number of nitrogens with zero attached hydrogens (tertiary/aromatic N) is 2. The Labute approximate surface area is 102 Å². The van der Waals surface area contributed by atoms with Gasteiger partial charge in [-0.25, -0.2) is 4.79 Å². The summed E-state index contributed by atoms with van der Waals surface area (Å²) in [5.74, 6) is -0.169. The molecule has 0 aromatic carbocycles. The minimum absolute atomic E-state index is 0.0213. The van der Waals surface area contributed by atoms with Crippen LogP contribution >= 0.6 is 0 Å². The SMILES string of the molecule is COC(=O)CCCN(C)CCN1CCNC1=O. The lowest BCUT2D eigenvalue weighted by molar-refractivity contribution is -0.140. The number of carbonyl (C=O) groups is 2. The van der Waals surface area contributed by atoms with E-state index < -0.39 is 0 Å². The molecule has 1 rings (SSSR count). The average molecular weight is 243 g/mol. The minimum atomic E-state index is -0.169. The van der Waals surface area contributed by atoms with Crippen molar-refractivity contribution in [2.45, 2.75) is 12.8 Å².